The number of anilines is 1. The van der Waals surface area contributed by atoms with Crippen molar-refractivity contribution in [2.24, 2.45) is 11.7 Å². The van der Waals surface area contributed by atoms with E-state index in [1.807, 2.05) is 0 Å². The Hall–Kier alpha value is -1.22. The molecule has 21 heavy (non-hydrogen) atoms. The molecule has 1 aromatic carbocycles. The number of hydrogen-bond acceptors (Lipinski definition) is 3. The van der Waals surface area contributed by atoms with Gasteiger partial charge in [-0.3, -0.25) is 0 Å². The van der Waals surface area contributed by atoms with E-state index in [1.54, 1.807) is 0 Å². The van der Waals surface area contributed by atoms with Crippen LogP contribution in [0.5, 0.6) is 5.75 Å². The Bertz CT molecular complexity index is 443. The third kappa shape index (κ3) is 4.37. The number of nitrogens with zero attached hydrogens (tertiary/aromatic N) is 1. The number of aryl methyl sites for hydroxylation is 1. The van der Waals surface area contributed by atoms with Crippen molar-refractivity contribution in [1.29, 1.82) is 0 Å². The van der Waals surface area contributed by atoms with Gasteiger partial charge in [0, 0.05) is 19.1 Å². The van der Waals surface area contributed by atoms with Crippen molar-refractivity contribution in [2.75, 3.05) is 24.6 Å². The Labute approximate surface area is 129 Å². The van der Waals surface area contributed by atoms with Crippen LogP contribution < -0.4 is 15.4 Å². The van der Waals surface area contributed by atoms with Crippen LogP contribution in [0.3, 0.4) is 0 Å². The zero-order chi connectivity index (χ0) is 15.2. The normalized spacial score (nSPS) is 19.1. The molecule has 118 valence electrons. The molecule has 2 N–H and O–H groups in total. The first-order valence-corrected chi connectivity index (χ1v) is 8.38. The molecule has 0 amide bonds. The highest BCUT2D eigenvalue weighted by atomic mass is 16.5. The van der Waals surface area contributed by atoms with E-state index in [0.717, 1.165) is 31.9 Å². The fourth-order valence-corrected chi connectivity index (χ4v) is 2.96. The maximum atomic E-state index is 6.14. The molecule has 0 aromatic heterocycles. The number of piperidine rings is 1. The van der Waals surface area contributed by atoms with Crippen LogP contribution >= 0.6 is 0 Å². The third-order valence-electron chi connectivity index (χ3n) is 4.54. The van der Waals surface area contributed by atoms with Gasteiger partial charge < -0.3 is 15.4 Å². The topological polar surface area (TPSA) is 38.5 Å². The summed E-state index contributed by atoms with van der Waals surface area (Å²) >= 11 is 0. The van der Waals surface area contributed by atoms with Crippen LogP contribution in [0.2, 0.25) is 0 Å². The van der Waals surface area contributed by atoms with Gasteiger partial charge in [-0.15, -0.1) is 0 Å². The van der Waals surface area contributed by atoms with Crippen LogP contribution in [-0.4, -0.2) is 25.7 Å². The number of hydrogen-bond donors (Lipinski definition) is 1. The Morgan fingerprint density at radius 3 is 2.76 bits per heavy atom. The first-order valence-electron chi connectivity index (χ1n) is 8.38. The lowest BCUT2D eigenvalue weighted by Crippen LogP contribution is -2.43. The van der Waals surface area contributed by atoms with Gasteiger partial charge in [0.05, 0.1) is 12.3 Å². The summed E-state index contributed by atoms with van der Waals surface area (Å²) in [5.41, 5.74) is 8.63. The molecule has 3 heteroatoms. The van der Waals surface area contributed by atoms with E-state index in [4.69, 9.17) is 10.5 Å². The van der Waals surface area contributed by atoms with Gasteiger partial charge in [-0.2, -0.15) is 0 Å². The largest absolute Gasteiger partial charge is 0.491 e. The Kier molecular flexibility index (Phi) is 5.92. The predicted octanol–water partition coefficient (Wildman–Crippen LogP) is 3.74. The van der Waals surface area contributed by atoms with Gasteiger partial charge in [0.25, 0.3) is 0 Å². The molecule has 1 fully saturated rings. The average molecular weight is 290 g/mol. The summed E-state index contributed by atoms with van der Waals surface area (Å²) in [6, 6.07) is 6.77. The standard InChI is InChI=1S/C18H30N2O/c1-4-15(5-2)13-21-18-9-8-14(3)11-17(18)20-10-6-7-16(19)12-20/h8-9,11,15-16H,4-7,10,12-13,19H2,1-3H3. The zero-order valence-electron chi connectivity index (χ0n) is 13.8. The molecule has 1 heterocycles. The molecular formula is C18H30N2O. The van der Waals surface area contributed by atoms with Gasteiger partial charge in [0.1, 0.15) is 5.75 Å². The second-order valence-electron chi connectivity index (χ2n) is 6.31. The first-order chi connectivity index (χ1) is 10.1. The van der Waals surface area contributed by atoms with Crippen molar-refractivity contribution in [3.63, 3.8) is 0 Å². The lowest BCUT2D eigenvalue weighted by Gasteiger charge is -2.34. The fraction of sp³-hybridized carbons (Fsp3) is 0.667. The van der Waals surface area contributed by atoms with Crippen LogP contribution in [0, 0.1) is 12.8 Å². The summed E-state index contributed by atoms with van der Waals surface area (Å²) in [6.07, 6.45) is 4.64. The minimum atomic E-state index is 0.283. The van der Waals surface area contributed by atoms with Gasteiger partial charge in [-0.1, -0.05) is 32.8 Å². The highest BCUT2D eigenvalue weighted by Gasteiger charge is 2.20. The lowest BCUT2D eigenvalue weighted by atomic mass is 10.0. The van der Waals surface area contributed by atoms with Crippen molar-refractivity contribution >= 4 is 5.69 Å². The van der Waals surface area contributed by atoms with Gasteiger partial charge in [0.2, 0.25) is 0 Å². The summed E-state index contributed by atoms with van der Waals surface area (Å²) in [5, 5.41) is 0. The monoisotopic (exact) mass is 290 g/mol. The van der Waals surface area contributed by atoms with E-state index in [0.29, 0.717) is 5.92 Å². The molecule has 0 spiro atoms. The molecule has 1 unspecified atom stereocenters. The molecule has 1 atom stereocenters. The maximum Gasteiger partial charge on any atom is 0.142 e. The highest BCUT2D eigenvalue weighted by molar-refractivity contribution is 5.60. The van der Waals surface area contributed by atoms with Gasteiger partial charge in [-0.25, -0.2) is 0 Å². The second-order valence-corrected chi connectivity index (χ2v) is 6.31. The van der Waals surface area contributed by atoms with Gasteiger partial charge in [-0.05, 0) is 43.4 Å². The van der Waals surface area contributed by atoms with Crippen molar-refractivity contribution in [1.82, 2.24) is 0 Å². The quantitative estimate of drug-likeness (QED) is 0.867. The van der Waals surface area contributed by atoms with E-state index in [9.17, 15) is 0 Å². The van der Waals surface area contributed by atoms with Crippen molar-refractivity contribution < 1.29 is 4.74 Å². The summed E-state index contributed by atoms with van der Waals surface area (Å²) in [5.74, 6) is 1.66. The van der Waals surface area contributed by atoms with Crippen LogP contribution in [-0.2, 0) is 0 Å². The number of benzene rings is 1. The lowest BCUT2D eigenvalue weighted by molar-refractivity contribution is 0.240. The summed E-state index contributed by atoms with van der Waals surface area (Å²) in [6.45, 7) is 9.43. The molecule has 0 aliphatic carbocycles. The van der Waals surface area contributed by atoms with Gasteiger partial charge in [0.15, 0.2) is 0 Å². The average Bonchev–Trinajstić information content (AvgIpc) is 2.49. The SMILES string of the molecule is CCC(CC)COc1ccc(C)cc1N1CCCC(N)C1. The van der Waals surface area contributed by atoms with Gasteiger partial charge >= 0.3 is 0 Å². The van der Waals surface area contributed by atoms with E-state index < -0.39 is 0 Å². The molecule has 3 nitrogen and oxygen atoms in total. The van der Waals surface area contributed by atoms with Crippen LogP contribution in [0.15, 0.2) is 18.2 Å². The zero-order valence-corrected chi connectivity index (χ0v) is 13.8. The van der Waals surface area contributed by atoms with E-state index >= 15 is 0 Å². The summed E-state index contributed by atoms with van der Waals surface area (Å²) < 4.78 is 6.14. The number of ether oxygens (including phenoxy) is 1. The minimum Gasteiger partial charge on any atom is -0.491 e. The van der Waals surface area contributed by atoms with Crippen molar-refractivity contribution in [3.8, 4) is 5.75 Å². The van der Waals surface area contributed by atoms with E-state index in [-0.39, 0.29) is 6.04 Å². The highest BCUT2D eigenvalue weighted by Crippen LogP contribution is 2.32. The molecular weight excluding hydrogens is 260 g/mol. The minimum absolute atomic E-state index is 0.283. The first kappa shape index (κ1) is 16.2. The molecule has 1 aliphatic rings. The predicted molar refractivity (Wildman–Crippen MR) is 90.2 cm³/mol. The summed E-state index contributed by atoms with van der Waals surface area (Å²) in [4.78, 5) is 2.39. The van der Waals surface area contributed by atoms with Crippen LogP contribution in [0.25, 0.3) is 0 Å². The third-order valence-corrected chi connectivity index (χ3v) is 4.54. The smallest absolute Gasteiger partial charge is 0.142 e. The molecule has 0 saturated carbocycles. The van der Waals surface area contributed by atoms with Crippen LogP contribution in [0.1, 0.15) is 45.1 Å². The van der Waals surface area contributed by atoms with Crippen LogP contribution in [0.4, 0.5) is 5.69 Å². The van der Waals surface area contributed by atoms with Crippen molar-refractivity contribution in [2.45, 2.75) is 52.5 Å². The Balaban J connectivity index is 2.13. The molecule has 1 aliphatic heterocycles. The molecule has 1 aromatic rings. The Morgan fingerprint density at radius 1 is 1.33 bits per heavy atom. The Morgan fingerprint density at radius 2 is 2.10 bits per heavy atom. The second kappa shape index (κ2) is 7.69. The molecule has 0 radical (unpaired) electrons. The molecule has 2 rings (SSSR count). The molecule has 0 bridgehead atoms. The van der Waals surface area contributed by atoms with Crippen molar-refractivity contribution in [3.05, 3.63) is 23.8 Å². The van der Waals surface area contributed by atoms with E-state index in [2.05, 4.69) is 43.9 Å². The van der Waals surface area contributed by atoms with E-state index in [1.165, 1.54) is 30.5 Å². The number of rotatable bonds is 6. The fourth-order valence-electron chi connectivity index (χ4n) is 2.96. The maximum absolute atomic E-state index is 6.14. The summed E-state index contributed by atoms with van der Waals surface area (Å²) in [7, 11) is 0. The number of nitrogens with two attached hydrogens (primary N) is 1. The molecule has 1 saturated heterocycles.